The van der Waals surface area contributed by atoms with Gasteiger partial charge in [0.2, 0.25) is 0 Å². The number of hydrogen-bond donors (Lipinski definition) is 1. The topological polar surface area (TPSA) is 79.7 Å². The Bertz CT molecular complexity index is 1380. The molecule has 1 aliphatic heterocycles. The van der Waals surface area contributed by atoms with E-state index in [1.807, 2.05) is 10.7 Å². The molecular formula is C27H30N6O. The van der Waals surface area contributed by atoms with Gasteiger partial charge in [-0.25, -0.2) is 4.68 Å². The highest BCUT2D eigenvalue weighted by Crippen LogP contribution is 2.39. The van der Waals surface area contributed by atoms with E-state index in [0.717, 1.165) is 54.6 Å². The first-order chi connectivity index (χ1) is 16.7. The number of aryl methyl sites for hydroxylation is 1. The first-order valence-corrected chi connectivity index (χ1v) is 12.5. The van der Waals surface area contributed by atoms with Crippen LogP contribution in [-0.4, -0.2) is 31.7 Å². The maximum Gasteiger partial charge on any atom is 0.254 e. The molecule has 7 nitrogen and oxygen atoms in total. The summed E-state index contributed by atoms with van der Waals surface area (Å²) in [4.78, 5) is 19.0. The van der Waals surface area contributed by atoms with E-state index in [0.29, 0.717) is 5.56 Å². The smallest absolute Gasteiger partial charge is 0.254 e. The van der Waals surface area contributed by atoms with Crippen LogP contribution in [0.4, 0.5) is 5.69 Å². The third-order valence-electron chi connectivity index (χ3n) is 7.56. The average Bonchev–Trinajstić information content (AvgIpc) is 3.53. The third-order valence-corrected chi connectivity index (χ3v) is 7.56. The molecule has 0 spiro atoms. The lowest BCUT2D eigenvalue weighted by molar-refractivity contribution is 0.313. The fourth-order valence-corrected chi connectivity index (χ4v) is 5.74. The summed E-state index contributed by atoms with van der Waals surface area (Å²) >= 11 is 0. The van der Waals surface area contributed by atoms with Gasteiger partial charge in [0.15, 0.2) is 5.82 Å². The fourth-order valence-electron chi connectivity index (χ4n) is 5.74. The zero-order valence-electron chi connectivity index (χ0n) is 19.6. The van der Waals surface area contributed by atoms with Crippen molar-refractivity contribution in [3.63, 3.8) is 0 Å². The van der Waals surface area contributed by atoms with Crippen molar-refractivity contribution in [2.75, 3.05) is 11.4 Å². The Morgan fingerprint density at radius 3 is 2.79 bits per heavy atom. The van der Waals surface area contributed by atoms with Gasteiger partial charge in [0.1, 0.15) is 6.04 Å². The second kappa shape index (κ2) is 8.70. The molecule has 1 aliphatic carbocycles. The molecule has 3 heterocycles. The molecule has 0 amide bonds. The molecule has 0 saturated heterocycles. The van der Waals surface area contributed by atoms with E-state index in [9.17, 15) is 4.79 Å². The molecule has 2 aromatic heterocycles. The van der Waals surface area contributed by atoms with Crippen molar-refractivity contribution >= 4 is 16.6 Å². The van der Waals surface area contributed by atoms with E-state index in [4.69, 9.17) is 0 Å². The Hall–Kier alpha value is -3.48. The van der Waals surface area contributed by atoms with E-state index in [1.165, 1.54) is 30.4 Å². The Balaban J connectivity index is 1.54. The van der Waals surface area contributed by atoms with Crippen molar-refractivity contribution in [2.45, 2.75) is 64.0 Å². The molecule has 4 aromatic rings. The number of pyridine rings is 1. The summed E-state index contributed by atoms with van der Waals surface area (Å²) in [7, 11) is 0. The van der Waals surface area contributed by atoms with Gasteiger partial charge in [0.05, 0.1) is 6.04 Å². The van der Waals surface area contributed by atoms with E-state index >= 15 is 0 Å². The molecular weight excluding hydrogens is 424 g/mol. The first-order valence-electron chi connectivity index (χ1n) is 12.5. The quantitative estimate of drug-likeness (QED) is 0.471. The summed E-state index contributed by atoms with van der Waals surface area (Å²) < 4.78 is 2.01. The number of anilines is 1. The van der Waals surface area contributed by atoms with Crippen molar-refractivity contribution in [3.8, 4) is 0 Å². The summed E-state index contributed by atoms with van der Waals surface area (Å²) in [5, 5.41) is 14.2. The van der Waals surface area contributed by atoms with Gasteiger partial charge in [0.25, 0.3) is 5.56 Å². The zero-order valence-corrected chi connectivity index (χ0v) is 19.6. The highest BCUT2D eigenvalue weighted by atomic mass is 16.1. The van der Waals surface area contributed by atoms with Crippen molar-refractivity contribution in [3.05, 3.63) is 81.4 Å². The van der Waals surface area contributed by atoms with Gasteiger partial charge in [-0.15, -0.1) is 5.10 Å². The predicted molar refractivity (Wildman–Crippen MR) is 133 cm³/mol. The largest absolute Gasteiger partial charge is 0.357 e. The number of aromatic nitrogens is 5. The number of hydrogen-bond acceptors (Lipinski definition) is 5. The number of H-pyrrole nitrogens is 1. The number of nitrogens with zero attached hydrogens (tertiary/aromatic N) is 5. The summed E-state index contributed by atoms with van der Waals surface area (Å²) in [5.41, 5.74) is 5.19. The summed E-state index contributed by atoms with van der Waals surface area (Å²) in [5.74, 6) is 0.764. The molecule has 1 atom stereocenters. The van der Waals surface area contributed by atoms with E-state index in [1.54, 1.807) is 0 Å². The van der Waals surface area contributed by atoms with Crippen molar-refractivity contribution < 1.29 is 0 Å². The van der Waals surface area contributed by atoms with Crippen molar-refractivity contribution in [1.29, 1.82) is 0 Å². The number of aromatic amines is 1. The molecule has 7 heteroatoms. The Kier molecular flexibility index (Phi) is 5.40. The average molecular weight is 455 g/mol. The Morgan fingerprint density at radius 1 is 1.09 bits per heavy atom. The van der Waals surface area contributed by atoms with Gasteiger partial charge < -0.3 is 9.88 Å². The maximum absolute atomic E-state index is 13.5. The number of fused-ring (bicyclic) bond motifs is 2. The van der Waals surface area contributed by atoms with Crippen LogP contribution in [0.5, 0.6) is 0 Å². The van der Waals surface area contributed by atoms with Gasteiger partial charge >= 0.3 is 0 Å². The van der Waals surface area contributed by atoms with Crippen molar-refractivity contribution in [2.24, 2.45) is 0 Å². The number of rotatable bonds is 5. The highest BCUT2D eigenvalue weighted by molar-refractivity contribution is 5.80. The second-order valence-electron chi connectivity index (χ2n) is 9.58. The van der Waals surface area contributed by atoms with Gasteiger partial charge in [-0.3, -0.25) is 4.79 Å². The molecule has 1 N–H and O–H groups in total. The van der Waals surface area contributed by atoms with Gasteiger partial charge in [-0.1, -0.05) is 50.5 Å². The number of benzene rings is 2. The van der Waals surface area contributed by atoms with Crippen LogP contribution in [0.15, 0.2) is 53.3 Å². The number of nitrogens with one attached hydrogen (secondary N) is 1. The van der Waals surface area contributed by atoms with E-state index < -0.39 is 0 Å². The standard InChI is InChI=1S/C27H30N6O/c1-2-18-12-13-23-20(16-18)17-22(27(34)28-23)25(32-15-14-19-8-6-7-11-24(19)32)26-29-30-31-33(26)21-9-4-3-5-10-21/h6-8,11-13,16-17,21,25H,2-5,9-10,14-15H2,1H3,(H,28,34)/t25-/m1/s1. The molecule has 2 aliphatic rings. The normalized spacial score (nSPS) is 17.3. The lowest BCUT2D eigenvalue weighted by atomic mass is 9.95. The summed E-state index contributed by atoms with van der Waals surface area (Å²) in [6, 6.07) is 16.7. The Labute approximate surface area is 198 Å². The van der Waals surface area contributed by atoms with Crippen LogP contribution in [0, 0.1) is 0 Å². The van der Waals surface area contributed by atoms with Gasteiger partial charge in [-0.05, 0) is 76.9 Å². The predicted octanol–water partition coefficient (Wildman–Crippen LogP) is 4.73. The van der Waals surface area contributed by atoms with Crippen LogP contribution in [0.3, 0.4) is 0 Å². The number of para-hydroxylation sites is 1. The maximum atomic E-state index is 13.5. The lowest BCUT2D eigenvalue weighted by Crippen LogP contribution is -2.35. The van der Waals surface area contributed by atoms with Gasteiger partial charge in [-0.2, -0.15) is 0 Å². The second-order valence-corrected chi connectivity index (χ2v) is 9.58. The molecule has 6 rings (SSSR count). The zero-order chi connectivity index (χ0) is 23.1. The molecule has 1 saturated carbocycles. The molecule has 0 unspecified atom stereocenters. The molecule has 1 fully saturated rings. The van der Waals surface area contributed by atoms with Crippen LogP contribution in [0.1, 0.15) is 73.6 Å². The molecule has 2 aromatic carbocycles. The highest BCUT2D eigenvalue weighted by Gasteiger charge is 2.35. The van der Waals surface area contributed by atoms with Crippen LogP contribution in [0.2, 0.25) is 0 Å². The third kappa shape index (κ3) is 3.59. The monoisotopic (exact) mass is 454 g/mol. The van der Waals surface area contributed by atoms with Crippen LogP contribution in [0.25, 0.3) is 10.9 Å². The summed E-state index contributed by atoms with van der Waals surface area (Å²) in [6.45, 7) is 2.98. The minimum Gasteiger partial charge on any atom is -0.357 e. The van der Waals surface area contributed by atoms with Gasteiger partial charge in [0, 0.05) is 23.3 Å². The fraction of sp³-hybridized carbons (Fsp3) is 0.407. The minimum absolute atomic E-state index is 0.0793. The first kappa shape index (κ1) is 21.1. The van der Waals surface area contributed by atoms with Crippen LogP contribution in [-0.2, 0) is 12.8 Å². The van der Waals surface area contributed by atoms with E-state index in [2.05, 4.69) is 74.8 Å². The Morgan fingerprint density at radius 2 is 1.94 bits per heavy atom. The minimum atomic E-state index is -0.348. The van der Waals surface area contributed by atoms with Crippen LogP contribution < -0.4 is 10.5 Å². The molecule has 0 radical (unpaired) electrons. The van der Waals surface area contributed by atoms with Crippen molar-refractivity contribution in [1.82, 2.24) is 25.2 Å². The molecule has 174 valence electrons. The van der Waals surface area contributed by atoms with E-state index in [-0.39, 0.29) is 17.6 Å². The molecule has 0 bridgehead atoms. The summed E-state index contributed by atoms with van der Waals surface area (Å²) in [6.07, 6.45) is 7.71. The number of tetrazole rings is 1. The lowest BCUT2D eigenvalue weighted by Gasteiger charge is -2.31. The molecule has 34 heavy (non-hydrogen) atoms. The SMILES string of the molecule is CCc1ccc2[nH]c(=O)c([C@H](c3nnnn3C3CCCCC3)N3CCc4ccccc43)cc2c1. The van der Waals surface area contributed by atoms with Crippen LogP contribution >= 0.6 is 0 Å².